The lowest BCUT2D eigenvalue weighted by Gasteiger charge is -2.41. The van der Waals surface area contributed by atoms with Gasteiger partial charge in [0.1, 0.15) is 18.1 Å². The molecule has 0 saturated carbocycles. The number of esters is 3. The Labute approximate surface area is 212 Å². The summed E-state index contributed by atoms with van der Waals surface area (Å²) in [5.74, 6) is -2.11. The van der Waals surface area contributed by atoms with Gasteiger partial charge in [-0.1, -0.05) is 54.6 Å². The van der Waals surface area contributed by atoms with Gasteiger partial charge in [-0.3, -0.25) is 0 Å². The van der Waals surface area contributed by atoms with Gasteiger partial charge in [0.05, 0.1) is 16.7 Å². The minimum Gasteiger partial charge on any atom is -0.459 e. The maximum Gasteiger partial charge on any atom is 0.338 e. The van der Waals surface area contributed by atoms with Crippen molar-refractivity contribution < 1.29 is 38.4 Å². The van der Waals surface area contributed by atoms with E-state index in [4.69, 9.17) is 30.5 Å². The van der Waals surface area contributed by atoms with Crippen LogP contribution in [0.2, 0.25) is 0 Å². The number of carbonyl (C=O) groups is 3. The molecule has 0 aliphatic carbocycles. The Kier molecular flexibility index (Phi) is 8.32. The molecule has 1 N–H and O–H groups in total. The van der Waals surface area contributed by atoms with Crippen molar-refractivity contribution in [3.8, 4) is 0 Å². The molecule has 5 atom stereocenters. The molecule has 0 amide bonds. The molecule has 0 aromatic heterocycles. The van der Waals surface area contributed by atoms with Crippen LogP contribution in [0.5, 0.6) is 0 Å². The minimum absolute atomic E-state index is 0.225. The second-order valence-corrected chi connectivity index (χ2v) is 8.45. The zero-order valence-corrected chi connectivity index (χ0v) is 19.7. The first-order valence-corrected chi connectivity index (χ1v) is 11.6. The van der Waals surface area contributed by atoms with Gasteiger partial charge in [0.25, 0.3) is 0 Å². The lowest BCUT2D eigenvalue weighted by Crippen LogP contribution is -2.59. The molecule has 8 nitrogen and oxygen atoms in total. The Balaban J connectivity index is 1.52. The second kappa shape index (κ2) is 11.8. The van der Waals surface area contributed by atoms with Crippen LogP contribution in [0, 0.1) is 0 Å². The van der Waals surface area contributed by atoms with E-state index in [0.717, 1.165) is 0 Å². The molecular formula is C27H23ClO8. The topological polar surface area (TPSA) is 108 Å². The van der Waals surface area contributed by atoms with E-state index in [9.17, 15) is 19.5 Å². The molecular weight excluding hydrogens is 488 g/mol. The van der Waals surface area contributed by atoms with Crippen molar-refractivity contribution >= 4 is 29.5 Å². The molecule has 1 heterocycles. The summed E-state index contributed by atoms with van der Waals surface area (Å²) in [5, 5.41) is 9.57. The number of carbonyl (C=O) groups excluding carboxylic acids is 3. The lowest BCUT2D eigenvalue weighted by molar-refractivity contribution is -0.248. The first-order chi connectivity index (χ1) is 17.4. The van der Waals surface area contributed by atoms with Crippen LogP contribution in [0.4, 0.5) is 0 Å². The monoisotopic (exact) mass is 510 g/mol. The van der Waals surface area contributed by atoms with Gasteiger partial charge in [-0.05, 0) is 36.4 Å². The van der Waals surface area contributed by atoms with Crippen LogP contribution in [0.25, 0.3) is 0 Å². The van der Waals surface area contributed by atoms with Crippen LogP contribution in [0.3, 0.4) is 0 Å². The Hall–Kier alpha value is -3.72. The van der Waals surface area contributed by atoms with Gasteiger partial charge >= 0.3 is 17.9 Å². The van der Waals surface area contributed by atoms with Crippen LogP contribution in [0.15, 0.2) is 91.0 Å². The van der Waals surface area contributed by atoms with Crippen LogP contribution < -0.4 is 0 Å². The van der Waals surface area contributed by atoms with Crippen molar-refractivity contribution in [2.45, 2.75) is 30.0 Å². The van der Waals surface area contributed by atoms with Gasteiger partial charge in [0, 0.05) is 0 Å². The number of hydrogen-bond acceptors (Lipinski definition) is 8. The van der Waals surface area contributed by atoms with Gasteiger partial charge in [0.15, 0.2) is 18.5 Å². The molecule has 0 bridgehead atoms. The SMILES string of the molecule is O=C(OC[C@H]1O[C@H](O)[C@@H](OC(=O)c2ccccc2)[C@H](OC(=O)c2ccccc2)[C@@H]1Cl)c1ccccc1. The molecule has 0 radical (unpaired) electrons. The molecule has 3 aromatic carbocycles. The summed E-state index contributed by atoms with van der Waals surface area (Å²) in [6.45, 7) is -0.336. The summed E-state index contributed by atoms with van der Waals surface area (Å²) in [4.78, 5) is 37.8. The van der Waals surface area contributed by atoms with Gasteiger partial charge in [-0.25, -0.2) is 14.4 Å². The van der Waals surface area contributed by atoms with Crippen molar-refractivity contribution in [3.05, 3.63) is 108 Å². The third-order valence-corrected chi connectivity index (χ3v) is 6.01. The van der Waals surface area contributed by atoms with E-state index in [1.165, 1.54) is 12.1 Å². The fraction of sp³-hybridized carbons (Fsp3) is 0.222. The molecule has 36 heavy (non-hydrogen) atoms. The molecule has 186 valence electrons. The maximum atomic E-state index is 12.8. The number of benzene rings is 3. The van der Waals surface area contributed by atoms with E-state index >= 15 is 0 Å². The van der Waals surface area contributed by atoms with E-state index < -0.39 is 47.9 Å². The summed E-state index contributed by atoms with van der Waals surface area (Å²) in [6.07, 6.45) is -5.51. The largest absolute Gasteiger partial charge is 0.459 e. The number of hydrogen-bond donors (Lipinski definition) is 1. The Morgan fingerprint density at radius 2 is 1.11 bits per heavy atom. The predicted molar refractivity (Wildman–Crippen MR) is 129 cm³/mol. The van der Waals surface area contributed by atoms with Gasteiger partial charge in [-0.15, -0.1) is 11.6 Å². The highest BCUT2D eigenvalue weighted by molar-refractivity contribution is 6.21. The smallest absolute Gasteiger partial charge is 0.338 e. The van der Waals surface area contributed by atoms with E-state index in [0.29, 0.717) is 5.56 Å². The lowest BCUT2D eigenvalue weighted by atomic mass is 10.0. The number of ether oxygens (including phenoxy) is 4. The second-order valence-electron chi connectivity index (χ2n) is 7.95. The molecule has 0 spiro atoms. The minimum atomic E-state index is -1.71. The third kappa shape index (κ3) is 6.09. The predicted octanol–water partition coefficient (Wildman–Crippen LogP) is 3.62. The van der Waals surface area contributed by atoms with E-state index in [1.807, 2.05) is 0 Å². The van der Waals surface area contributed by atoms with E-state index in [1.54, 1.807) is 78.9 Å². The summed E-state index contributed by atoms with van der Waals surface area (Å²) < 4.78 is 21.9. The molecule has 9 heteroatoms. The van der Waals surface area contributed by atoms with Crippen molar-refractivity contribution in [1.82, 2.24) is 0 Å². The summed E-state index contributed by atoms with van der Waals surface area (Å²) in [7, 11) is 0. The summed E-state index contributed by atoms with van der Waals surface area (Å²) in [6, 6.07) is 24.6. The van der Waals surface area contributed by atoms with Gasteiger partial charge in [-0.2, -0.15) is 0 Å². The number of aliphatic hydroxyl groups excluding tert-OH is 1. The van der Waals surface area contributed by atoms with Gasteiger partial charge in [0.2, 0.25) is 0 Å². The highest BCUT2D eigenvalue weighted by atomic mass is 35.5. The quantitative estimate of drug-likeness (QED) is 0.292. The van der Waals surface area contributed by atoms with Crippen LogP contribution in [0.1, 0.15) is 31.1 Å². The normalized spacial score (nSPS) is 23.3. The zero-order valence-electron chi connectivity index (χ0n) is 18.9. The van der Waals surface area contributed by atoms with Crippen LogP contribution in [-0.2, 0) is 18.9 Å². The average molecular weight is 511 g/mol. The molecule has 1 saturated heterocycles. The van der Waals surface area contributed by atoms with E-state index in [2.05, 4.69) is 0 Å². The number of aliphatic hydroxyl groups is 1. The van der Waals surface area contributed by atoms with Gasteiger partial charge < -0.3 is 24.1 Å². The highest BCUT2D eigenvalue weighted by Crippen LogP contribution is 2.30. The summed E-state index contributed by atoms with van der Waals surface area (Å²) >= 11 is 6.60. The number of rotatable bonds is 7. The molecule has 1 fully saturated rings. The highest BCUT2D eigenvalue weighted by Gasteiger charge is 2.49. The Bertz CT molecular complexity index is 1170. The molecule has 1 aliphatic rings. The summed E-state index contributed by atoms with van der Waals surface area (Å²) in [5.41, 5.74) is 0.784. The Morgan fingerprint density at radius 1 is 0.694 bits per heavy atom. The number of halogens is 1. The van der Waals surface area contributed by atoms with E-state index in [-0.39, 0.29) is 17.7 Å². The van der Waals surface area contributed by atoms with Crippen molar-refractivity contribution in [2.75, 3.05) is 6.61 Å². The molecule has 4 rings (SSSR count). The number of alkyl halides is 1. The standard InChI is InChI=1S/C27H23ClO8/c28-21-20(16-33-24(29)17-10-4-1-5-11-17)34-27(32)23(36-26(31)19-14-8-3-9-15-19)22(21)35-25(30)18-12-6-2-7-13-18/h1-15,20-23,27,32H,16H2/t20-,21-,22-,23+,27+/m1/s1. The van der Waals surface area contributed by atoms with Crippen LogP contribution in [-0.4, -0.2) is 59.6 Å². The van der Waals surface area contributed by atoms with Crippen molar-refractivity contribution in [2.24, 2.45) is 0 Å². The van der Waals surface area contributed by atoms with Crippen molar-refractivity contribution in [1.29, 1.82) is 0 Å². The third-order valence-electron chi connectivity index (χ3n) is 5.48. The molecule has 1 aliphatic heterocycles. The van der Waals surface area contributed by atoms with Crippen molar-refractivity contribution in [3.63, 3.8) is 0 Å². The fourth-order valence-corrected chi connectivity index (χ4v) is 3.95. The fourth-order valence-electron chi connectivity index (χ4n) is 3.62. The van der Waals surface area contributed by atoms with Crippen LogP contribution >= 0.6 is 11.6 Å². The zero-order chi connectivity index (χ0) is 25.5. The Morgan fingerprint density at radius 3 is 1.58 bits per heavy atom. The molecule has 0 unspecified atom stereocenters. The first kappa shape index (κ1) is 25.4. The molecule has 3 aromatic rings. The maximum absolute atomic E-state index is 12.8. The first-order valence-electron chi connectivity index (χ1n) is 11.2. The average Bonchev–Trinajstić information content (AvgIpc) is 2.92.